The quantitative estimate of drug-likeness (QED) is 0.699. The van der Waals surface area contributed by atoms with Gasteiger partial charge in [-0.05, 0) is 24.8 Å². The van der Waals surface area contributed by atoms with Crippen LogP contribution >= 0.6 is 11.8 Å². The summed E-state index contributed by atoms with van der Waals surface area (Å²) in [6.45, 7) is 2.62. The SMILES string of the molecule is CSc1ncc(C(=O)N2CCN(C3CCS(=O)(=O)C3)CC2)n1-c1ccccc1. The highest BCUT2D eigenvalue weighted by Gasteiger charge is 2.35. The normalized spacial score (nSPS) is 22.5. The summed E-state index contributed by atoms with van der Waals surface area (Å²) in [4.78, 5) is 21.7. The molecule has 0 bridgehead atoms. The molecule has 2 fully saturated rings. The third kappa shape index (κ3) is 3.83. The molecule has 0 aliphatic carbocycles. The average molecular weight is 421 g/mol. The van der Waals surface area contributed by atoms with Crippen LogP contribution in [-0.2, 0) is 9.84 Å². The fraction of sp³-hybridized carbons (Fsp3) is 0.474. The zero-order valence-electron chi connectivity index (χ0n) is 15.8. The van der Waals surface area contributed by atoms with Gasteiger partial charge in [0.15, 0.2) is 15.0 Å². The highest BCUT2D eigenvalue weighted by molar-refractivity contribution is 7.98. The summed E-state index contributed by atoms with van der Waals surface area (Å²) in [6, 6.07) is 9.88. The van der Waals surface area contributed by atoms with Gasteiger partial charge in [-0.1, -0.05) is 30.0 Å². The van der Waals surface area contributed by atoms with Crippen molar-refractivity contribution < 1.29 is 13.2 Å². The van der Waals surface area contributed by atoms with Gasteiger partial charge in [0.2, 0.25) is 0 Å². The number of nitrogens with zero attached hydrogens (tertiary/aromatic N) is 4. The van der Waals surface area contributed by atoms with Crippen molar-refractivity contribution >= 4 is 27.5 Å². The van der Waals surface area contributed by atoms with Crippen LogP contribution in [0, 0.1) is 0 Å². The molecular formula is C19H24N4O3S2. The second-order valence-electron chi connectivity index (χ2n) is 7.19. The Bertz CT molecular complexity index is 951. The third-order valence-corrected chi connectivity index (χ3v) is 7.88. The molecule has 0 spiro atoms. The maximum absolute atomic E-state index is 13.2. The van der Waals surface area contributed by atoms with Crippen LogP contribution in [0.1, 0.15) is 16.9 Å². The molecule has 2 aliphatic rings. The molecular weight excluding hydrogens is 396 g/mol. The Morgan fingerprint density at radius 3 is 2.46 bits per heavy atom. The van der Waals surface area contributed by atoms with Gasteiger partial charge >= 0.3 is 0 Å². The van der Waals surface area contributed by atoms with Crippen molar-refractivity contribution in [2.45, 2.75) is 17.6 Å². The number of benzene rings is 1. The van der Waals surface area contributed by atoms with Gasteiger partial charge in [-0.3, -0.25) is 14.3 Å². The standard InChI is InChI=1S/C19H24N4O3S2/c1-27-19-20-13-17(23(19)15-5-3-2-4-6-15)18(24)22-10-8-21(9-11-22)16-7-12-28(25,26)14-16/h2-6,13,16H,7-12,14H2,1H3. The van der Waals surface area contributed by atoms with E-state index in [2.05, 4.69) is 9.88 Å². The average Bonchev–Trinajstić information content (AvgIpc) is 3.31. The summed E-state index contributed by atoms with van der Waals surface area (Å²) in [5.41, 5.74) is 1.48. The number of carbonyl (C=O) groups excluding carboxylic acids is 1. The van der Waals surface area contributed by atoms with Gasteiger partial charge in [0, 0.05) is 37.9 Å². The van der Waals surface area contributed by atoms with Crippen molar-refractivity contribution in [3.05, 3.63) is 42.2 Å². The Morgan fingerprint density at radius 2 is 1.86 bits per heavy atom. The van der Waals surface area contributed by atoms with E-state index in [0.717, 1.165) is 10.8 Å². The molecule has 1 atom stereocenters. The van der Waals surface area contributed by atoms with Crippen molar-refractivity contribution in [2.24, 2.45) is 0 Å². The van der Waals surface area contributed by atoms with Gasteiger partial charge in [0.05, 0.1) is 17.7 Å². The van der Waals surface area contributed by atoms with Crippen LogP contribution in [0.4, 0.5) is 0 Å². The number of sulfone groups is 1. The first kappa shape index (κ1) is 19.5. The second-order valence-corrected chi connectivity index (χ2v) is 10.2. The molecule has 28 heavy (non-hydrogen) atoms. The Labute approximate surface area is 169 Å². The van der Waals surface area contributed by atoms with Crippen LogP contribution in [0.3, 0.4) is 0 Å². The van der Waals surface area contributed by atoms with Crippen LogP contribution in [-0.4, -0.2) is 83.7 Å². The molecule has 2 saturated heterocycles. The number of carbonyl (C=O) groups is 1. The number of hydrogen-bond donors (Lipinski definition) is 0. The lowest BCUT2D eigenvalue weighted by Gasteiger charge is -2.37. The van der Waals surface area contributed by atoms with E-state index < -0.39 is 9.84 Å². The summed E-state index contributed by atoms with van der Waals surface area (Å²) in [7, 11) is -2.89. The minimum Gasteiger partial charge on any atom is -0.335 e. The van der Waals surface area contributed by atoms with E-state index >= 15 is 0 Å². The number of thioether (sulfide) groups is 1. The predicted octanol–water partition coefficient (Wildman–Crippen LogP) is 1.54. The minimum absolute atomic E-state index is 0.0321. The largest absolute Gasteiger partial charge is 0.335 e. The molecule has 1 aromatic heterocycles. The minimum atomic E-state index is -2.89. The summed E-state index contributed by atoms with van der Waals surface area (Å²) >= 11 is 1.51. The Kier molecular flexibility index (Phi) is 5.48. The van der Waals surface area contributed by atoms with Crippen molar-refractivity contribution in [1.82, 2.24) is 19.4 Å². The number of hydrogen-bond acceptors (Lipinski definition) is 6. The Morgan fingerprint density at radius 1 is 1.14 bits per heavy atom. The lowest BCUT2D eigenvalue weighted by molar-refractivity contribution is 0.0579. The van der Waals surface area contributed by atoms with Crippen molar-refractivity contribution in [3.8, 4) is 5.69 Å². The highest BCUT2D eigenvalue weighted by atomic mass is 32.2. The summed E-state index contributed by atoms with van der Waals surface area (Å²) in [6.07, 6.45) is 4.30. The fourth-order valence-corrected chi connectivity index (χ4v) is 6.28. The first-order valence-corrected chi connectivity index (χ1v) is 12.4. The topological polar surface area (TPSA) is 75.5 Å². The van der Waals surface area contributed by atoms with Crippen LogP contribution in [0.15, 0.2) is 41.7 Å². The van der Waals surface area contributed by atoms with Crippen molar-refractivity contribution in [1.29, 1.82) is 0 Å². The number of imidazole rings is 1. The Balaban J connectivity index is 1.49. The van der Waals surface area contributed by atoms with E-state index in [9.17, 15) is 13.2 Å². The van der Waals surface area contributed by atoms with Gasteiger partial charge in [-0.25, -0.2) is 13.4 Å². The number of rotatable bonds is 4. The lowest BCUT2D eigenvalue weighted by Crippen LogP contribution is -2.52. The van der Waals surface area contributed by atoms with E-state index in [1.807, 2.05) is 46.1 Å². The summed E-state index contributed by atoms with van der Waals surface area (Å²) in [5, 5.41) is 0.782. The molecule has 7 nitrogen and oxygen atoms in total. The first-order valence-electron chi connectivity index (χ1n) is 9.39. The number of piperazine rings is 1. The molecule has 2 aromatic rings. The maximum Gasteiger partial charge on any atom is 0.272 e. The number of amides is 1. The van der Waals surface area contributed by atoms with Gasteiger partial charge in [0.25, 0.3) is 5.91 Å². The zero-order valence-corrected chi connectivity index (χ0v) is 17.5. The molecule has 3 heterocycles. The van der Waals surface area contributed by atoms with Crippen molar-refractivity contribution in [2.75, 3.05) is 43.9 Å². The number of aromatic nitrogens is 2. The zero-order chi connectivity index (χ0) is 19.7. The Hall–Kier alpha value is -1.84. The molecule has 2 aliphatic heterocycles. The van der Waals surface area contributed by atoms with Gasteiger partial charge in [-0.15, -0.1) is 0 Å². The van der Waals surface area contributed by atoms with Crippen LogP contribution in [0.25, 0.3) is 5.69 Å². The molecule has 1 amide bonds. The monoisotopic (exact) mass is 420 g/mol. The lowest BCUT2D eigenvalue weighted by atomic mass is 10.2. The molecule has 1 unspecified atom stereocenters. The van der Waals surface area contributed by atoms with E-state index in [1.54, 1.807) is 6.20 Å². The van der Waals surface area contributed by atoms with Crippen LogP contribution in [0.2, 0.25) is 0 Å². The molecule has 0 N–H and O–H groups in total. The molecule has 150 valence electrons. The molecule has 4 rings (SSSR count). The third-order valence-electron chi connectivity index (χ3n) is 5.47. The van der Waals surface area contributed by atoms with Crippen LogP contribution < -0.4 is 0 Å². The van der Waals surface area contributed by atoms with Crippen molar-refractivity contribution in [3.63, 3.8) is 0 Å². The smallest absolute Gasteiger partial charge is 0.272 e. The van der Waals surface area contributed by atoms with Gasteiger partial charge in [-0.2, -0.15) is 0 Å². The van der Waals surface area contributed by atoms with Crippen LogP contribution in [0.5, 0.6) is 0 Å². The van der Waals surface area contributed by atoms with Gasteiger partial charge < -0.3 is 4.90 Å². The maximum atomic E-state index is 13.2. The highest BCUT2D eigenvalue weighted by Crippen LogP contribution is 2.24. The van der Waals surface area contributed by atoms with E-state index in [0.29, 0.717) is 38.3 Å². The van der Waals surface area contributed by atoms with E-state index in [4.69, 9.17) is 0 Å². The summed E-state index contributed by atoms with van der Waals surface area (Å²) in [5.74, 6) is 0.499. The van der Waals surface area contributed by atoms with Gasteiger partial charge in [0.1, 0.15) is 5.69 Å². The second kappa shape index (κ2) is 7.88. The predicted molar refractivity (Wildman–Crippen MR) is 110 cm³/mol. The molecule has 0 radical (unpaired) electrons. The van der Waals surface area contributed by atoms with E-state index in [-0.39, 0.29) is 23.5 Å². The summed E-state index contributed by atoms with van der Waals surface area (Å²) < 4.78 is 25.4. The first-order chi connectivity index (χ1) is 13.5. The molecule has 0 saturated carbocycles. The molecule has 9 heteroatoms. The number of para-hydroxylation sites is 1. The van der Waals surface area contributed by atoms with E-state index in [1.165, 1.54) is 11.8 Å². The molecule has 1 aromatic carbocycles. The fourth-order valence-electron chi connectivity index (χ4n) is 3.97.